The van der Waals surface area contributed by atoms with E-state index in [9.17, 15) is 9.18 Å². The number of aromatic nitrogens is 2. The van der Waals surface area contributed by atoms with Crippen molar-refractivity contribution in [1.82, 2.24) is 9.78 Å². The number of aldehydes is 1. The monoisotopic (exact) mass is 272 g/mol. The van der Waals surface area contributed by atoms with Crippen LogP contribution in [0.1, 0.15) is 54.1 Å². The van der Waals surface area contributed by atoms with E-state index in [0.29, 0.717) is 17.2 Å². The van der Waals surface area contributed by atoms with Crippen molar-refractivity contribution in [1.29, 1.82) is 0 Å². The van der Waals surface area contributed by atoms with Gasteiger partial charge >= 0.3 is 0 Å². The summed E-state index contributed by atoms with van der Waals surface area (Å²) in [5.41, 5.74) is 2.14. The molecule has 1 heterocycles. The van der Waals surface area contributed by atoms with Crippen molar-refractivity contribution in [3.05, 3.63) is 47.5 Å². The van der Waals surface area contributed by atoms with Gasteiger partial charge in [-0.3, -0.25) is 4.79 Å². The first-order valence-corrected chi connectivity index (χ1v) is 7.08. The average molecular weight is 272 g/mol. The maximum Gasteiger partial charge on any atom is 0.153 e. The zero-order valence-electron chi connectivity index (χ0n) is 11.3. The number of halogens is 1. The first-order valence-electron chi connectivity index (χ1n) is 7.08. The highest BCUT2D eigenvalue weighted by atomic mass is 19.1. The summed E-state index contributed by atoms with van der Waals surface area (Å²) in [4.78, 5) is 11.3. The van der Waals surface area contributed by atoms with E-state index in [-0.39, 0.29) is 5.82 Å². The van der Waals surface area contributed by atoms with E-state index in [4.69, 9.17) is 0 Å². The number of rotatable bonds is 3. The van der Waals surface area contributed by atoms with Crippen LogP contribution in [0.25, 0.3) is 5.69 Å². The smallest absolute Gasteiger partial charge is 0.153 e. The van der Waals surface area contributed by atoms with Gasteiger partial charge in [0.15, 0.2) is 6.29 Å². The van der Waals surface area contributed by atoms with E-state index >= 15 is 0 Å². The van der Waals surface area contributed by atoms with Crippen LogP contribution in [0.3, 0.4) is 0 Å². The Labute approximate surface area is 117 Å². The molecule has 0 bridgehead atoms. The lowest BCUT2D eigenvalue weighted by atomic mass is 9.86. The predicted molar refractivity (Wildman–Crippen MR) is 74.7 cm³/mol. The number of nitrogens with zero attached hydrogens (tertiary/aromatic N) is 2. The van der Waals surface area contributed by atoms with Crippen molar-refractivity contribution in [3.63, 3.8) is 0 Å². The fourth-order valence-electron chi connectivity index (χ4n) is 2.94. The Bertz CT molecular complexity index is 615. The molecule has 0 unspecified atom stereocenters. The fraction of sp³-hybridized carbons (Fsp3) is 0.375. The Hall–Kier alpha value is -1.97. The standard InChI is InChI=1S/C16H17FN2O/c17-14-7-4-8-15(9-14)19-10-13(11-20)16(18-19)12-5-2-1-3-6-12/h4,7-12H,1-3,5-6H2. The van der Waals surface area contributed by atoms with E-state index in [1.807, 2.05) is 0 Å². The number of hydrogen-bond acceptors (Lipinski definition) is 2. The first kappa shape index (κ1) is 13.0. The fourth-order valence-corrected chi connectivity index (χ4v) is 2.94. The molecule has 1 aromatic heterocycles. The third-order valence-electron chi connectivity index (χ3n) is 3.96. The lowest BCUT2D eigenvalue weighted by Crippen LogP contribution is -2.07. The molecule has 4 heteroatoms. The van der Waals surface area contributed by atoms with Gasteiger partial charge in [0.25, 0.3) is 0 Å². The van der Waals surface area contributed by atoms with E-state index in [2.05, 4.69) is 5.10 Å². The summed E-state index contributed by atoms with van der Waals surface area (Å²) >= 11 is 0. The zero-order chi connectivity index (χ0) is 13.9. The zero-order valence-corrected chi connectivity index (χ0v) is 11.3. The molecule has 3 rings (SSSR count). The molecule has 0 spiro atoms. The summed E-state index contributed by atoms with van der Waals surface area (Å²) in [6, 6.07) is 6.25. The van der Waals surface area contributed by atoms with Crippen LogP contribution in [0, 0.1) is 5.82 Å². The maximum atomic E-state index is 13.3. The predicted octanol–water partition coefficient (Wildman–Crippen LogP) is 3.87. The van der Waals surface area contributed by atoms with Crippen molar-refractivity contribution < 1.29 is 9.18 Å². The Morgan fingerprint density at radius 2 is 2.05 bits per heavy atom. The van der Waals surface area contributed by atoms with Crippen molar-refractivity contribution in [2.24, 2.45) is 0 Å². The minimum absolute atomic E-state index is 0.301. The highest BCUT2D eigenvalue weighted by molar-refractivity contribution is 5.76. The Morgan fingerprint density at radius 1 is 1.25 bits per heavy atom. The molecule has 0 aliphatic heterocycles. The molecular weight excluding hydrogens is 255 g/mol. The summed E-state index contributed by atoms with van der Waals surface area (Å²) in [7, 11) is 0. The van der Waals surface area contributed by atoms with Crippen molar-refractivity contribution in [2.45, 2.75) is 38.0 Å². The minimum Gasteiger partial charge on any atom is -0.298 e. The summed E-state index contributed by atoms with van der Waals surface area (Å²) in [6.07, 6.45) is 8.36. The van der Waals surface area contributed by atoms with Crippen molar-refractivity contribution in [2.75, 3.05) is 0 Å². The van der Waals surface area contributed by atoms with Crippen LogP contribution in [0.15, 0.2) is 30.5 Å². The molecule has 0 N–H and O–H groups in total. The number of carbonyl (C=O) groups is 1. The summed E-state index contributed by atoms with van der Waals surface area (Å²) in [5, 5.41) is 4.53. The van der Waals surface area contributed by atoms with Crippen molar-refractivity contribution in [3.8, 4) is 5.69 Å². The Morgan fingerprint density at radius 3 is 2.75 bits per heavy atom. The maximum absolute atomic E-state index is 13.3. The molecule has 20 heavy (non-hydrogen) atoms. The van der Waals surface area contributed by atoms with Crippen LogP contribution in [-0.2, 0) is 0 Å². The summed E-state index contributed by atoms with van der Waals surface area (Å²) in [5.74, 6) is 0.0589. The normalized spacial score (nSPS) is 16.2. The third kappa shape index (κ3) is 2.50. The van der Waals surface area contributed by atoms with Crippen LogP contribution in [0.4, 0.5) is 4.39 Å². The molecule has 1 aliphatic carbocycles. The minimum atomic E-state index is -0.301. The molecule has 3 nitrogen and oxygen atoms in total. The van der Waals surface area contributed by atoms with Crippen LogP contribution in [0.2, 0.25) is 0 Å². The molecule has 1 aromatic carbocycles. The number of benzene rings is 1. The molecule has 1 aliphatic rings. The molecular formula is C16H17FN2O. The molecule has 0 atom stereocenters. The molecule has 2 aromatic rings. The van der Waals surface area contributed by atoms with E-state index in [1.165, 1.54) is 31.4 Å². The van der Waals surface area contributed by atoms with Gasteiger partial charge in [0.05, 0.1) is 16.9 Å². The third-order valence-corrected chi connectivity index (χ3v) is 3.96. The quantitative estimate of drug-likeness (QED) is 0.795. The first-order chi connectivity index (χ1) is 9.78. The molecule has 0 saturated heterocycles. The number of hydrogen-bond donors (Lipinski definition) is 0. The van der Waals surface area contributed by atoms with Gasteiger partial charge in [-0.15, -0.1) is 0 Å². The van der Waals surface area contributed by atoms with Crippen LogP contribution >= 0.6 is 0 Å². The van der Waals surface area contributed by atoms with Crippen LogP contribution in [0.5, 0.6) is 0 Å². The van der Waals surface area contributed by atoms with Gasteiger partial charge in [-0.05, 0) is 31.0 Å². The number of carbonyl (C=O) groups excluding carboxylic acids is 1. The topological polar surface area (TPSA) is 34.9 Å². The second-order valence-corrected chi connectivity index (χ2v) is 5.35. The van der Waals surface area contributed by atoms with Crippen LogP contribution in [-0.4, -0.2) is 16.1 Å². The second kappa shape index (κ2) is 5.57. The van der Waals surface area contributed by atoms with E-state index in [0.717, 1.165) is 24.8 Å². The van der Waals surface area contributed by atoms with E-state index in [1.54, 1.807) is 23.0 Å². The van der Waals surface area contributed by atoms with Gasteiger partial charge in [0.1, 0.15) is 5.82 Å². The molecule has 0 radical (unpaired) electrons. The average Bonchev–Trinajstić information content (AvgIpc) is 2.92. The second-order valence-electron chi connectivity index (χ2n) is 5.35. The van der Waals surface area contributed by atoms with Gasteiger partial charge in [-0.1, -0.05) is 25.3 Å². The lowest BCUT2D eigenvalue weighted by molar-refractivity contribution is 0.112. The highest BCUT2D eigenvalue weighted by Gasteiger charge is 2.22. The summed E-state index contributed by atoms with van der Waals surface area (Å²) in [6.45, 7) is 0. The summed E-state index contributed by atoms with van der Waals surface area (Å²) < 4.78 is 14.9. The van der Waals surface area contributed by atoms with Crippen molar-refractivity contribution >= 4 is 6.29 Å². The molecule has 1 fully saturated rings. The molecule has 1 saturated carbocycles. The largest absolute Gasteiger partial charge is 0.298 e. The SMILES string of the molecule is O=Cc1cn(-c2cccc(F)c2)nc1C1CCCCC1. The Kier molecular flexibility index (Phi) is 3.63. The van der Waals surface area contributed by atoms with Gasteiger partial charge in [0, 0.05) is 12.1 Å². The van der Waals surface area contributed by atoms with Gasteiger partial charge in [-0.2, -0.15) is 5.10 Å². The van der Waals surface area contributed by atoms with Gasteiger partial charge in [0.2, 0.25) is 0 Å². The lowest BCUT2D eigenvalue weighted by Gasteiger charge is -2.20. The molecule has 104 valence electrons. The van der Waals surface area contributed by atoms with Crippen LogP contribution < -0.4 is 0 Å². The van der Waals surface area contributed by atoms with E-state index < -0.39 is 0 Å². The molecule has 0 amide bonds. The Balaban J connectivity index is 1.97. The van der Waals surface area contributed by atoms with Gasteiger partial charge < -0.3 is 0 Å². The highest BCUT2D eigenvalue weighted by Crippen LogP contribution is 2.33. The van der Waals surface area contributed by atoms with Gasteiger partial charge in [-0.25, -0.2) is 9.07 Å².